The first-order valence-corrected chi connectivity index (χ1v) is 6.10. The lowest BCUT2D eigenvalue weighted by atomic mass is 9.77. The molecule has 0 spiro atoms. The maximum Gasteiger partial charge on any atom is 0.197 e. The minimum Gasteiger partial charge on any atom is -0.370 e. The minimum absolute atomic E-state index is 0. The molecule has 7 heteroatoms. The number of nitrogens with one attached hydrogen (secondary N) is 3. The maximum atomic E-state index is 11.0. The lowest BCUT2D eigenvalue weighted by Gasteiger charge is -2.27. The van der Waals surface area contributed by atoms with Gasteiger partial charge < -0.3 is 10.6 Å². The van der Waals surface area contributed by atoms with Crippen LogP contribution in [0.2, 0.25) is 0 Å². The second kappa shape index (κ2) is 8.58. The molecule has 1 aliphatic carbocycles. The Balaban J connectivity index is 0. The Morgan fingerprint density at radius 2 is 1.85 bits per heavy atom. The summed E-state index contributed by atoms with van der Waals surface area (Å²) in [6, 6.07) is 0. The van der Waals surface area contributed by atoms with Gasteiger partial charge in [-0.1, -0.05) is 19.4 Å². The van der Waals surface area contributed by atoms with Crippen LogP contribution >= 0.6 is 12.4 Å². The van der Waals surface area contributed by atoms with Crippen LogP contribution in [0.1, 0.15) is 33.6 Å². The highest BCUT2D eigenvalue weighted by atomic mass is 35.5. The molecule has 0 aromatic rings. The van der Waals surface area contributed by atoms with Gasteiger partial charge in [-0.05, 0) is 24.8 Å². The molecule has 0 heterocycles. The van der Waals surface area contributed by atoms with Gasteiger partial charge >= 0.3 is 0 Å². The zero-order valence-electron chi connectivity index (χ0n) is 12.8. The largest absolute Gasteiger partial charge is 0.370 e. The minimum atomic E-state index is -0.214. The van der Waals surface area contributed by atoms with E-state index >= 15 is 0 Å². The quantitative estimate of drug-likeness (QED) is 0.404. The molecule has 1 rings (SSSR count). The summed E-state index contributed by atoms with van der Waals surface area (Å²) in [7, 11) is 3.39. The van der Waals surface area contributed by atoms with Crippen molar-refractivity contribution in [1.29, 1.82) is 10.8 Å². The zero-order valence-corrected chi connectivity index (χ0v) is 13.6. The second-order valence-corrected chi connectivity index (χ2v) is 5.76. The van der Waals surface area contributed by atoms with E-state index in [1.807, 2.05) is 6.92 Å². The number of carbonyl (C=O) groups is 1. The van der Waals surface area contributed by atoms with Crippen LogP contribution in [0.25, 0.3) is 0 Å². The van der Waals surface area contributed by atoms with Crippen LogP contribution in [0.5, 0.6) is 0 Å². The third-order valence-electron chi connectivity index (χ3n) is 2.52. The van der Waals surface area contributed by atoms with Gasteiger partial charge in [-0.15, -0.1) is 12.4 Å². The Morgan fingerprint density at radius 3 is 2.10 bits per heavy atom. The summed E-state index contributed by atoms with van der Waals surface area (Å²) in [4.78, 5) is 12.5. The summed E-state index contributed by atoms with van der Waals surface area (Å²) in [5.41, 5.74) is 6.36. The number of guanidine groups is 2. The molecule has 20 heavy (non-hydrogen) atoms. The highest BCUT2D eigenvalue weighted by Gasteiger charge is 2.25. The van der Waals surface area contributed by atoms with Crippen molar-refractivity contribution in [3.8, 4) is 0 Å². The van der Waals surface area contributed by atoms with Gasteiger partial charge in [-0.3, -0.25) is 20.9 Å². The molecule has 6 nitrogen and oxygen atoms in total. The number of hydrogen-bond donors (Lipinski definition) is 4. The average molecular weight is 304 g/mol. The van der Waals surface area contributed by atoms with Crippen LogP contribution in [0, 0.1) is 16.2 Å². The van der Waals surface area contributed by atoms with E-state index in [2.05, 4.69) is 19.2 Å². The second-order valence-electron chi connectivity index (χ2n) is 5.76. The average Bonchev–Trinajstić information content (AvgIpc) is 2.12. The molecule has 0 aromatic carbocycles. The number of halogens is 1. The highest BCUT2D eigenvalue weighted by molar-refractivity contribution is 5.94. The fourth-order valence-corrected chi connectivity index (χ4v) is 1.91. The number of nitrogens with two attached hydrogens (primary N) is 1. The molecule has 0 aliphatic heterocycles. The zero-order chi connectivity index (χ0) is 15.2. The van der Waals surface area contributed by atoms with Crippen molar-refractivity contribution in [2.75, 3.05) is 14.1 Å². The van der Waals surface area contributed by atoms with E-state index in [-0.39, 0.29) is 35.5 Å². The number of allylic oxidation sites excluding steroid dienone is 2. The van der Waals surface area contributed by atoms with E-state index in [1.54, 1.807) is 20.2 Å². The fourth-order valence-electron chi connectivity index (χ4n) is 1.91. The van der Waals surface area contributed by atoms with E-state index in [0.29, 0.717) is 6.42 Å². The van der Waals surface area contributed by atoms with Gasteiger partial charge in [0.05, 0.1) is 0 Å². The fraction of sp³-hybridized carbons (Fsp3) is 0.615. The topological polar surface area (TPSA) is 106 Å². The lowest BCUT2D eigenvalue weighted by molar-refractivity contribution is -0.117. The molecule has 0 fully saturated rings. The SMILES string of the molecule is CC1=CC(=O)CC(C)(C)C1.CN(C)C(=N)NC(=N)N.Cl. The smallest absolute Gasteiger partial charge is 0.197 e. The van der Waals surface area contributed by atoms with Crippen LogP contribution in [0.15, 0.2) is 11.6 Å². The van der Waals surface area contributed by atoms with Gasteiger partial charge in [0.2, 0.25) is 0 Å². The van der Waals surface area contributed by atoms with Crippen LogP contribution in [0.3, 0.4) is 0 Å². The first-order chi connectivity index (χ1) is 8.53. The van der Waals surface area contributed by atoms with E-state index in [4.69, 9.17) is 16.6 Å². The predicted molar refractivity (Wildman–Crippen MR) is 85.5 cm³/mol. The van der Waals surface area contributed by atoms with Gasteiger partial charge in [0.25, 0.3) is 0 Å². The predicted octanol–water partition coefficient (Wildman–Crippen LogP) is 1.71. The number of nitrogens with zero attached hydrogens (tertiary/aromatic N) is 1. The van der Waals surface area contributed by atoms with Crippen molar-refractivity contribution in [3.63, 3.8) is 0 Å². The summed E-state index contributed by atoms with van der Waals surface area (Å²) >= 11 is 0. The Kier molecular flexibility index (Phi) is 8.90. The van der Waals surface area contributed by atoms with Crippen molar-refractivity contribution in [2.24, 2.45) is 11.1 Å². The Morgan fingerprint density at radius 1 is 1.35 bits per heavy atom. The van der Waals surface area contributed by atoms with Crippen LogP contribution in [0.4, 0.5) is 0 Å². The van der Waals surface area contributed by atoms with Crippen LogP contribution in [-0.2, 0) is 4.79 Å². The van der Waals surface area contributed by atoms with Crippen molar-refractivity contribution < 1.29 is 4.79 Å². The molecule has 0 radical (unpaired) electrons. The molecule has 0 atom stereocenters. The van der Waals surface area contributed by atoms with E-state index in [0.717, 1.165) is 6.42 Å². The van der Waals surface area contributed by atoms with Crippen LogP contribution in [-0.4, -0.2) is 36.7 Å². The maximum absolute atomic E-state index is 11.0. The van der Waals surface area contributed by atoms with E-state index < -0.39 is 0 Å². The number of hydrogen-bond acceptors (Lipinski definition) is 3. The lowest BCUT2D eigenvalue weighted by Crippen LogP contribution is -2.42. The molecule has 1 aliphatic rings. The van der Waals surface area contributed by atoms with Crippen molar-refractivity contribution >= 4 is 30.1 Å². The Labute approximate surface area is 127 Å². The highest BCUT2D eigenvalue weighted by Crippen LogP contribution is 2.32. The molecule has 0 saturated carbocycles. The number of rotatable bonds is 0. The summed E-state index contributed by atoms with van der Waals surface area (Å²) in [5.74, 6) is 0.185. The number of ketones is 1. The first-order valence-electron chi connectivity index (χ1n) is 6.10. The summed E-state index contributed by atoms with van der Waals surface area (Å²) in [5, 5.41) is 16.1. The molecule has 0 saturated heterocycles. The molecule has 0 bridgehead atoms. The Bertz CT molecular complexity index is 402. The third-order valence-corrected chi connectivity index (χ3v) is 2.52. The van der Waals surface area contributed by atoms with Crippen molar-refractivity contribution in [3.05, 3.63) is 11.6 Å². The molecule has 0 aromatic heterocycles. The van der Waals surface area contributed by atoms with Crippen LogP contribution < -0.4 is 11.1 Å². The third kappa shape index (κ3) is 9.38. The normalized spacial score (nSPS) is 15.8. The first kappa shape index (κ1) is 20.8. The monoisotopic (exact) mass is 303 g/mol. The summed E-state index contributed by atoms with van der Waals surface area (Å²) in [6.07, 6.45) is 3.55. The van der Waals surface area contributed by atoms with Gasteiger partial charge in [-0.25, -0.2) is 0 Å². The molecule has 0 unspecified atom stereocenters. The molecule has 0 amide bonds. The van der Waals surface area contributed by atoms with Crippen molar-refractivity contribution in [1.82, 2.24) is 10.2 Å². The van der Waals surface area contributed by atoms with Gasteiger partial charge in [0, 0.05) is 20.5 Å². The van der Waals surface area contributed by atoms with Gasteiger partial charge in [0.1, 0.15) is 0 Å². The van der Waals surface area contributed by atoms with Crippen molar-refractivity contribution in [2.45, 2.75) is 33.6 Å². The standard InChI is InChI=1S/C9H14O.C4H11N5.ClH/c1-7-4-8(10)6-9(2,3)5-7;1-9(2)4(7)8-3(5)6;/h4H,5-6H2,1-3H3;1-2H3,(H5,5,6,7,8);1H. The molecular weight excluding hydrogens is 278 g/mol. The molecule has 116 valence electrons. The Hall–Kier alpha value is -1.56. The van der Waals surface area contributed by atoms with E-state index in [1.165, 1.54) is 10.5 Å². The van der Waals surface area contributed by atoms with Gasteiger partial charge in [-0.2, -0.15) is 0 Å². The van der Waals surface area contributed by atoms with E-state index in [9.17, 15) is 4.79 Å². The summed E-state index contributed by atoms with van der Waals surface area (Å²) < 4.78 is 0. The molecule has 5 N–H and O–H groups in total. The molecular formula is C13H26ClN5O. The summed E-state index contributed by atoms with van der Waals surface area (Å²) in [6.45, 7) is 6.31. The number of carbonyl (C=O) groups excluding carboxylic acids is 1. The van der Waals surface area contributed by atoms with Gasteiger partial charge in [0.15, 0.2) is 17.7 Å².